The highest BCUT2D eigenvalue weighted by Gasteiger charge is 2.36. The molecule has 3 aromatic rings. The van der Waals surface area contributed by atoms with E-state index in [0.29, 0.717) is 11.7 Å². The Balaban J connectivity index is 1.75. The summed E-state index contributed by atoms with van der Waals surface area (Å²) in [6, 6.07) is 7.44. The highest BCUT2D eigenvalue weighted by Crippen LogP contribution is 2.45. The summed E-state index contributed by atoms with van der Waals surface area (Å²) in [5, 5.41) is 9.85. The van der Waals surface area contributed by atoms with E-state index in [2.05, 4.69) is 4.98 Å². The van der Waals surface area contributed by atoms with Gasteiger partial charge in [-0.15, -0.1) is 0 Å². The lowest BCUT2D eigenvalue weighted by Crippen LogP contribution is -2.11. The first-order valence-electron chi connectivity index (χ1n) is 8.94. The molecule has 1 heterocycles. The van der Waals surface area contributed by atoms with Crippen molar-refractivity contribution in [3.05, 3.63) is 58.8 Å². The van der Waals surface area contributed by atoms with Crippen molar-refractivity contribution >= 4 is 16.9 Å². The predicted molar refractivity (Wildman–Crippen MR) is 97.9 cm³/mol. The number of hydrogen-bond donors (Lipinski definition) is 2. The fraction of sp³-hybridized carbons (Fsp3) is 0.286. The number of nitrogens with one attached hydrogen (secondary N) is 1. The summed E-state index contributed by atoms with van der Waals surface area (Å²) in [5.41, 5.74) is 1.42. The van der Waals surface area contributed by atoms with E-state index in [0.717, 1.165) is 35.4 Å². The van der Waals surface area contributed by atoms with Crippen molar-refractivity contribution < 1.29 is 27.8 Å². The van der Waals surface area contributed by atoms with Crippen LogP contribution in [0.4, 0.5) is 13.2 Å². The van der Waals surface area contributed by atoms with Crippen LogP contribution < -0.4 is 4.74 Å². The van der Waals surface area contributed by atoms with E-state index in [4.69, 9.17) is 9.84 Å². The molecule has 0 bridgehead atoms. The van der Waals surface area contributed by atoms with Gasteiger partial charge >= 0.3 is 12.1 Å². The smallest absolute Gasteiger partial charge is 0.420 e. The van der Waals surface area contributed by atoms with E-state index in [1.54, 1.807) is 18.2 Å². The summed E-state index contributed by atoms with van der Waals surface area (Å²) in [6.45, 7) is 1.49. The van der Waals surface area contributed by atoms with Gasteiger partial charge in [0, 0.05) is 17.1 Å². The van der Waals surface area contributed by atoms with E-state index >= 15 is 0 Å². The third kappa shape index (κ3) is 3.56. The van der Waals surface area contributed by atoms with E-state index in [-0.39, 0.29) is 16.9 Å². The largest absolute Gasteiger partial charge is 0.481 e. The van der Waals surface area contributed by atoms with Gasteiger partial charge in [-0.25, -0.2) is 0 Å². The Hall–Kier alpha value is -2.96. The normalized spacial score (nSPS) is 14.4. The molecule has 2 N–H and O–H groups in total. The van der Waals surface area contributed by atoms with Crippen LogP contribution >= 0.6 is 0 Å². The third-order valence-electron chi connectivity index (χ3n) is 4.92. The van der Waals surface area contributed by atoms with Gasteiger partial charge in [-0.2, -0.15) is 13.2 Å². The molecule has 1 saturated carbocycles. The number of fused-ring (bicyclic) bond motifs is 1. The summed E-state index contributed by atoms with van der Waals surface area (Å²) < 4.78 is 46.5. The van der Waals surface area contributed by atoms with Crippen LogP contribution in [0.2, 0.25) is 0 Å². The molecule has 0 unspecified atom stereocenters. The van der Waals surface area contributed by atoms with Gasteiger partial charge < -0.3 is 14.8 Å². The van der Waals surface area contributed by atoms with Gasteiger partial charge in [-0.3, -0.25) is 4.79 Å². The Morgan fingerprint density at radius 2 is 2.00 bits per heavy atom. The lowest BCUT2D eigenvalue weighted by Gasteiger charge is -2.17. The molecule has 0 aliphatic heterocycles. The van der Waals surface area contributed by atoms with Crippen LogP contribution in [0, 0.1) is 6.92 Å². The number of halogens is 3. The standard InChI is InChI=1S/C21H18F3NO3/c1-11-6-12(8-19(26)27)7-17(21(22,23)24)20(11)28-14-4-5-18-15(9-14)16(10-25-18)13-2-3-13/h4-7,9-10,13,25H,2-3,8H2,1H3,(H,26,27). The van der Waals surface area contributed by atoms with Gasteiger partial charge in [0.15, 0.2) is 0 Å². The summed E-state index contributed by atoms with van der Waals surface area (Å²) in [7, 11) is 0. The predicted octanol–water partition coefficient (Wildman–Crippen LogP) is 5.79. The SMILES string of the molecule is Cc1cc(CC(=O)O)cc(C(F)(F)F)c1Oc1ccc2[nH]cc(C3CC3)c2c1. The molecule has 0 radical (unpaired) electrons. The zero-order valence-electron chi connectivity index (χ0n) is 15.1. The van der Waals surface area contributed by atoms with Crippen molar-refractivity contribution in [3.63, 3.8) is 0 Å². The van der Waals surface area contributed by atoms with Gasteiger partial charge in [-0.05, 0) is 66.6 Å². The van der Waals surface area contributed by atoms with Crippen LogP contribution in [0.25, 0.3) is 10.9 Å². The van der Waals surface area contributed by atoms with Crippen molar-refractivity contribution in [1.29, 1.82) is 0 Å². The molecule has 4 rings (SSSR count). The topological polar surface area (TPSA) is 62.3 Å². The zero-order chi connectivity index (χ0) is 20.1. The Bertz CT molecular complexity index is 1060. The average Bonchev–Trinajstić information content (AvgIpc) is 3.35. The van der Waals surface area contributed by atoms with Crippen molar-refractivity contribution in [3.8, 4) is 11.5 Å². The summed E-state index contributed by atoms with van der Waals surface area (Å²) >= 11 is 0. The highest BCUT2D eigenvalue weighted by atomic mass is 19.4. The fourth-order valence-electron chi connectivity index (χ4n) is 3.51. The van der Waals surface area contributed by atoms with Gasteiger partial charge in [0.2, 0.25) is 0 Å². The van der Waals surface area contributed by atoms with E-state index < -0.39 is 24.1 Å². The Morgan fingerprint density at radius 3 is 2.64 bits per heavy atom. The van der Waals surface area contributed by atoms with E-state index in [9.17, 15) is 18.0 Å². The molecule has 2 aromatic carbocycles. The number of carboxylic acids is 1. The lowest BCUT2D eigenvalue weighted by molar-refractivity contribution is -0.139. The Kier molecular flexibility index (Phi) is 4.33. The summed E-state index contributed by atoms with van der Waals surface area (Å²) in [6.07, 6.45) is -0.976. The van der Waals surface area contributed by atoms with Crippen molar-refractivity contribution in [1.82, 2.24) is 4.98 Å². The molecule has 1 aliphatic carbocycles. The molecular formula is C21H18F3NO3. The number of H-pyrrole nitrogens is 1. The zero-order valence-corrected chi connectivity index (χ0v) is 15.1. The Labute approximate surface area is 158 Å². The minimum absolute atomic E-state index is 0.0850. The first-order valence-corrected chi connectivity index (χ1v) is 8.94. The number of rotatable bonds is 5. The van der Waals surface area contributed by atoms with Crippen LogP contribution in [0.5, 0.6) is 11.5 Å². The second-order valence-electron chi connectivity index (χ2n) is 7.19. The van der Waals surface area contributed by atoms with Gasteiger partial charge in [0.05, 0.1) is 12.0 Å². The molecule has 28 heavy (non-hydrogen) atoms. The molecular weight excluding hydrogens is 371 g/mol. The molecule has 1 aliphatic rings. The number of ether oxygens (including phenoxy) is 1. The first kappa shape index (κ1) is 18.4. The molecule has 7 heteroatoms. The first-order chi connectivity index (χ1) is 13.2. The van der Waals surface area contributed by atoms with Crippen LogP contribution in [0.3, 0.4) is 0 Å². The number of hydrogen-bond acceptors (Lipinski definition) is 2. The van der Waals surface area contributed by atoms with Gasteiger partial charge in [-0.1, -0.05) is 6.07 Å². The van der Waals surface area contributed by atoms with E-state index in [1.807, 2.05) is 6.20 Å². The summed E-state index contributed by atoms with van der Waals surface area (Å²) in [5.74, 6) is -0.684. The van der Waals surface area contributed by atoms with E-state index in [1.165, 1.54) is 13.0 Å². The number of aromatic amines is 1. The number of benzene rings is 2. The third-order valence-corrected chi connectivity index (χ3v) is 4.92. The van der Waals surface area contributed by atoms with Gasteiger partial charge in [0.1, 0.15) is 11.5 Å². The quantitative estimate of drug-likeness (QED) is 0.580. The van der Waals surface area contributed by atoms with Gasteiger partial charge in [0.25, 0.3) is 0 Å². The fourth-order valence-corrected chi connectivity index (χ4v) is 3.51. The number of aliphatic carboxylic acids is 1. The molecule has 0 saturated heterocycles. The average molecular weight is 389 g/mol. The number of carbonyl (C=O) groups is 1. The molecule has 0 spiro atoms. The monoisotopic (exact) mass is 389 g/mol. The molecule has 4 nitrogen and oxygen atoms in total. The molecule has 1 aromatic heterocycles. The summed E-state index contributed by atoms with van der Waals surface area (Å²) in [4.78, 5) is 14.1. The molecule has 0 amide bonds. The second kappa shape index (κ2) is 6.58. The van der Waals surface area contributed by atoms with Crippen molar-refractivity contribution in [2.24, 2.45) is 0 Å². The molecule has 1 fully saturated rings. The number of aromatic nitrogens is 1. The van der Waals surface area contributed by atoms with Crippen molar-refractivity contribution in [2.75, 3.05) is 0 Å². The minimum Gasteiger partial charge on any atom is -0.481 e. The molecule has 0 atom stereocenters. The lowest BCUT2D eigenvalue weighted by atomic mass is 10.0. The van der Waals surface area contributed by atoms with Crippen LogP contribution in [-0.2, 0) is 17.4 Å². The maximum atomic E-state index is 13.6. The highest BCUT2D eigenvalue weighted by molar-refractivity contribution is 5.85. The number of aryl methyl sites for hydroxylation is 1. The van der Waals surface area contributed by atoms with Crippen LogP contribution in [0.15, 0.2) is 36.5 Å². The van der Waals surface area contributed by atoms with Crippen molar-refractivity contribution in [2.45, 2.75) is 38.3 Å². The Morgan fingerprint density at radius 1 is 1.25 bits per heavy atom. The van der Waals surface area contributed by atoms with Crippen LogP contribution in [-0.4, -0.2) is 16.1 Å². The second-order valence-corrected chi connectivity index (χ2v) is 7.19. The van der Waals surface area contributed by atoms with Crippen LogP contribution in [0.1, 0.15) is 41.0 Å². The minimum atomic E-state index is -4.66. The number of alkyl halides is 3. The molecule has 146 valence electrons. The number of carboxylic acid groups (broad SMARTS) is 1. The maximum Gasteiger partial charge on any atom is 0.420 e. The maximum absolute atomic E-state index is 13.6.